The molecule has 1 saturated heterocycles. The molecule has 0 bridgehead atoms. The quantitative estimate of drug-likeness (QED) is 0.594. The van der Waals surface area contributed by atoms with Crippen LogP contribution >= 0.6 is 0 Å². The van der Waals surface area contributed by atoms with Gasteiger partial charge in [-0.3, -0.25) is 9.59 Å². The highest BCUT2D eigenvalue weighted by Crippen LogP contribution is 2.37. The minimum atomic E-state index is -2.97. The van der Waals surface area contributed by atoms with E-state index in [0.717, 1.165) is 22.1 Å². The average molecular weight is 426 g/mol. The van der Waals surface area contributed by atoms with Crippen LogP contribution in [0.4, 0.5) is 5.69 Å². The van der Waals surface area contributed by atoms with Crippen molar-refractivity contribution < 1.29 is 18.0 Å². The van der Waals surface area contributed by atoms with E-state index < -0.39 is 15.7 Å². The Morgan fingerprint density at radius 3 is 2.50 bits per heavy atom. The fraction of sp³-hybridized carbons (Fsp3) is 0.273. The normalized spacial score (nSPS) is 16.4. The van der Waals surface area contributed by atoms with Crippen molar-refractivity contribution in [3.8, 4) is 11.1 Å². The number of carbonyl (C=O) groups excluding carboxylic acids is 2. The molecule has 3 aromatic rings. The predicted octanol–water partition coefficient (Wildman–Crippen LogP) is 3.18. The summed E-state index contributed by atoms with van der Waals surface area (Å²) in [5.74, 6) is -0.263. The molecular formula is C22H23N3O4S. The number of anilines is 1. The first-order valence-corrected chi connectivity index (χ1v) is 11.6. The number of aromatic nitrogens is 1. The summed E-state index contributed by atoms with van der Waals surface area (Å²) in [6.45, 7) is 1.44. The van der Waals surface area contributed by atoms with Crippen LogP contribution in [0.2, 0.25) is 0 Å². The molecule has 0 radical (unpaired) electrons. The topological polar surface area (TPSA) is 122 Å². The number of rotatable bonds is 4. The molecule has 2 heterocycles. The van der Waals surface area contributed by atoms with Crippen molar-refractivity contribution in [1.29, 1.82) is 0 Å². The van der Waals surface area contributed by atoms with E-state index in [9.17, 15) is 18.0 Å². The number of carbonyl (C=O) groups is 2. The molecule has 0 saturated carbocycles. The Labute approximate surface area is 174 Å². The van der Waals surface area contributed by atoms with Gasteiger partial charge in [-0.25, -0.2) is 8.42 Å². The van der Waals surface area contributed by atoms with E-state index in [0.29, 0.717) is 29.6 Å². The highest BCUT2D eigenvalue weighted by molar-refractivity contribution is 7.91. The minimum absolute atomic E-state index is 0.101. The van der Waals surface area contributed by atoms with Crippen molar-refractivity contribution in [2.24, 2.45) is 5.73 Å². The number of fused-ring (bicyclic) bond motifs is 1. The van der Waals surface area contributed by atoms with E-state index in [1.807, 2.05) is 30.5 Å². The van der Waals surface area contributed by atoms with Gasteiger partial charge in [0.25, 0.3) is 5.91 Å². The number of benzene rings is 2. The molecule has 1 aliphatic rings. The van der Waals surface area contributed by atoms with Crippen LogP contribution in [-0.2, 0) is 14.6 Å². The van der Waals surface area contributed by atoms with Crippen LogP contribution in [0.1, 0.15) is 41.6 Å². The van der Waals surface area contributed by atoms with Crippen molar-refractivity contribution in [3.63, 3.8) is 0 Å². The Hall–Kier alpha value is -3.13. The molecule has 1 aromatic heterocycles. The monoisotopic (exact) mass is 425 g/mol. The standard InChI is InChI=1S/C22H23N3O4S/c1-13(26)25-17-4-2-3-15(9-17)16-10-18-20(14-5-7-30(28,29)8-6-14)12-24-21(18)19(11-16)22(23)27/h2-4,9-12,14,24H,5-8H2,1H3,(H2,23,27)(H,25,26). The first-order valence-electron chi connectivity index (χ1n) is 9.77. The molecule has 2 amide bonds. The molecule has 1 fully saturated rings. The van der Waals surface area contributed by atoms with Crippen molar-refractivity contribution in [2.45, 2.75) is 25.7 Å². The molecule has 30 heavy (non-hydrogen) atoms. The Morgan fingerprint density at radius 1 is 1.10 bits per heavy atom. The summed E-state index contributed by atoms with van der Waals surface area (Å²) in [5.41, 5.74) is 9.99. The minimum Gasteiger partial charge on any atom is -0.366 e. The van der Waals surface area contributed by atoms with Gasteiger partial charge in [-0.05, 0) is 59.7 Å². The lowest BCUT2D eigenvalue weighted by Crippen LogP contribution is -2.22. The van der Waals surface area contributed by atoms with Crippen LogP contribution in [0.25, 0.3) is 22.0 Å². The van der Waals surface area contributed by atoms with E-state index in [4.69, 9.17) is 5.73 Å². The molecular weight excluding hydrogens is 402 g/mol. The Morgan fingerprint density at radius 2 is 1.83 bits per heavy atom. The number of sulfone groups is 1. The fourth-order valence-electron chi connectivity index (χ4n) is 4.13. The lowest BCUT2D eigenvalue weighted by atomic mass is 9.91. The third-order valence-electron chi connectivity index (χ3n) is 5.60. The number of hydrogen-bond donors (Lipinski definition) is 3. The van der Waals surface area contributed by atoms with Crippen molar-refractivity contribution >= 4 is 38.2 Å². The molecule has 4 rings (SSSR count). The number of nitrogens with one attached hydrogen (secondary N) is 2. The van der Waals surface area contributed by atoms with Gasteiger partial charge in [0.2, 0.25) is 5.91 Å². The Bertz CT molecular complexity index is 1250. The summed E-state index contributed by atoms with van der Waals surface area (Å²) in [4.78, 5) is 26.7. The van der Waals surface area contributed by atoms with Gasteiger partial charge >= 0.3 is 0 Å². The molecule has 156 valence electrons. The third kappa shape index (κ3) is 3.95. The average Bonchev–Trinajstić information content (AvgIpc) is 3.11. The Balaban J connectivity index is 1.82. The second-order valence-electron chi connectivity index (χ2n) is 7.74. The molecule has 8 heteroatoms. The number of hydrogen-bond acceptors (Lipinski definition) is 4. The van der Waals surface area contributed by atoms with Crippen molar-refractivity contribution in [1.82, 2.24) is 4.98 Å². The molecule has 4 N–H and O–H groups in total. The number of aromatic amines is 1. The second-order valence-corrected chi connectivity index (χ2v) is 10.0. The van der Waals surface area contributed by atoms with Crippen LogP contribution < -0.4 is 11.1 Å². The zero-order valence-corrected chi connectivity index (χ0v) is 17.4. The number of nitrogens with two attached hydrogens (primary N) is 1. The van der Waals surface area contributed by atoms with Gasteiger partial charge in [0, 0.05) is 24.2 Å². The van der Waals surface area contributed by atoms with Crippen LogP contribution in [0.3, 0.4) is 0 Å². The highest BCUT2D eigenvalue weighted by atomic mass is 32.2. The maximum absolute atomic E-state index is 12.1. The van der Waals surface area contributed by atoms with Gasteiger partial charge in [-0.15, -0.1) is 0 Å². The highest BCUT2D eigenvalue weighted by Gasteiger charge is 2.27. The van der Waals surface area contributed by atoms with Gasteiger partial charge < -0.3 is 16.0 Å². The van der Waals surface area contributed by atoms with Crippen LogP contribution in [-0.4, -0.2) is 36.7 Å². The first kappa shape index (κ1) is 20.2. The molecule has 2 aromatic carbocycles. The maximum Gasteiger partial charge on any atom is 0.250 e. The number of amides is 2. The lowest BCUT2D eigenvalue weighted by molar-refractivity contribution is -0.114. The third-order valence-corrected chi connectivity index (χ3v) is 7.31. The van der Waals surface area contributed by atoms with E-state index in [2.05, 4.69) is 10.3 Å². The molecule has 0 spiro atoms. The van der Waals surface area contributed by atoms with Gasteiger partial charge in [0.1, 0.15) is 9.84 Å². The van der Waals surface area contributed by atoms with Crippen molar-refractivity contribution in [2.75, 3.05) is 16.8 Å². The Kier molecular flexibility index (Phi) is 5.11. The van der Waals surface area contributed by atoms with Crippen LogP contribution in [0.5, 0.6) is 0 Å². The number of primary amides is 1. The molecule has 0 aliphatic carbocycles. The van der Waals surface area contributed by atoms with Crippen LogP contribution in [0.15, 0.2) is 42.6 Å². The summed E-state index contributed by atoms with van der Waals surface area (Å²) < 4.78 is 23.6. The molecule has 1 aliphatic heterocycles. The summed E-state index contributed by atoms with van der Waals surface area (Å²) in [6.07, 6.45) is 2.98. The van der Waals surface area contributed by atoms with E-state index in [-0.39, 0.29) is 23.3 Å². The largest absolute Gasteiger partial charge is 0.366 e. The number of H-pyrrole nitrogens is 1. The van der Waals surface area contributed by atoms with Crippen LogP contribution in [0, 0.1) is 0 Å². The van der Waals surface area contributed by atoms with E-state index >= 15 is 0 Å². The van der Waals surface area contributed by atoms with E-state index in [1.54, 1.807) is 12.1 Å². The summed E-state index contributed by atoms with van der Waals surface area (Å²) >= 11 is 0. The van der Waals surface area contributed by atoms with Gasteiger partial charge in [-0.2, -0.15) is 0 Å². The van der Waals surface area contributed by atoms with Gasteiger partial charge in [-0.1, -0.05) is 12.1 Å². The zero-order valence-electron chi connectivity index (χ0n) is 16.6. The summed E-state index contributed by atoms with van der Waals surface area (Å²) in [5, 5.41) is 3.63. The van der Waals surface area contributed by atoms with Gasteiger partial charge in [0.05, 0.1) is 22.6 Å². The fourth-order valence-corrected chi connectivity index (χ4v) is 5.62. The molecule has 0 atom stereocenters. The molecule has 0 unspecified atom stereocenters. The lowest BCUT2D eigenvalue weighted by Gasteiger charge is -2.21. The van der Waals surface area contributed by atoms with Gasteiger partial charge in [0.15, 0.2) is 0 Å². The zero-order chi connectivity index (χ0) is 21.5. The predicted molar refractivity (Wildman–Crippen MR) is 117 cm³/mol. The van der Waals surface area contributed by atoms with E-state index in [1.165, 1.54) is 6.92 Å². The first-order chi connectivity index (χ1) is 14.2. The summed E-state index contributed by atoms with van der Waals surface area (Å²) in [6, 6.07) is 11.1. The van der Waals surface area contributed by atoms with Crippen molar-refractivity contribution in [3.05, 3.63) is 53.7 Å². The second kappa shape index (κ2) is 7.60. The smallest absolute Gasteiger partial charge is 0.250 e. The molecule has 7 nitrogen and oxygen atoms in total. The maximum atomic E-state index is 12.1. The SMILES string of the molecule is CC(=O)Nc1cccc(-c2cc(C(N)=O)c3[nH]cc(C4CCS(=O)(=O)CC4)c3c2)c1. The summed E-state index contributed by atoms with van der Waals surface area (Å²) in [7, 11) is -2.97.